The molecule has 5 heteroatoms. The predicted molar refractivity (Wildman–Crippen MR) is 73.0 cm³/mol. The SMILES string of the molecule is CC(C)(C)OC(=O)NC1CCC(N2CC(O)C2)CC1. The van der Waals surface area contributed by atoms with Crippen LogP contribution < -0.4 is 5.32 Å². The summed E-state index contributed by atoms with van der Waals surface area (Å²) in [5.74, 6) is 0. The van der Waals surface area contributed by atoms with E-state index in [1.165, 1.54) is 0 Å². The van der Waals surface area contributed by atoms with Crippen LogP contribution in [0.15, 0.2) is 0 Å². The van der Waals surface area contributed by atoms with Crippen molar-refractivity contribution >= 4 is 6.09 Å². The largest absolute Gasteiger partial charge is 0.444 e. The maximum Gasteiger partial charge on any atom is 0.407 e. The number of amides is 1. The Hall–Kier alpha value is -0.810. The first kappa shape index (κ1) is 14.6. The summed E-state index contributed by atoms with van der Waals surface area (Å²) < 4.78 is 5.27. The second kappa shape index (κ2) is 5.67. The average molecular weight is 270 g/mol. The van der Waals surface area contributed by atoms with Crippen LogP contribution in [0.3, 0.4) is 0 Å². The van der Waals surface area contributed by atoms with E-state index in [0.29, 0.717) is 6.04 Å². The van der Waals surface area contributed by atoms with Crippen LogP contribution in [0.4, 0.5) is 4.79 Å². The van der Waals surface area contributed by atoms with Gasteiger partial charge in [0.2, 0.25) is 0 Å². The Morgan fingerprint density at radius 3 is 2.26 bits per heavy atom. The lowest BCUT2D eigenvalue weighted by atomic mass is 9.88. The number of rotatable bonds is 2. The highest BCUT2D eigenvalue weighted by molar-refractivity contribution is 5.68. The van der Waals surface area contributed by atoms with Crippen LogP contribution in [0.25, 0.3) is 0 Å². The maximum absolute atomic E-state index is 11.7. The zero-order valence-electron chi connectivity index (χ0n) is 12.2. The third-order valence-electron chi connectivity index (χ3n) is 3.82. The number of carbonyl (C=O) groups is 1. The molecule has 1 saturated heterocycles. The lowest BCUT2D eigenvalue weighted by molar-refractivity contribution is -0.0351. The second-order valence-corrected chi connectivity index (χ2v) is 6.76. The fourth-order valence-electron chi connectivity index (χ4n) is 2.85. The number of aliphatic hydroxyl groups is 1. The number of β-amino-alcohol motifs (C(OH)–C–C–N with tert-alkyl or cyclic N) is 1. The van der Waals surface area contributed by atoms with E-state index in [1.54, 1.807) is 0 Å². The van der Waals surface area contributed by atoms with Gasteiger partial charge < -0.3 is 15.2 Å². The summed E-state index contributed by atoms with van der Waals surface area (Å²) in [7, 11) is 0. The molecule has 1 amide bonds. The zero-order valence-corrected chi connectivity index (χ0v) is 12.2. The number of aliphatic hydroxyl groups excluding tert-OH is 1. The van der Waals surface area contributed by atoms with Gasteiger partial charge in [0.15, 0.2) is 0 Å². The van der Waals surface area contributed by atoms with Crippen molar-refractivity contribution in [1.29, 1.82) is 0 Å². The molecular weight excluding hydrogens is 244 g/mol. The quantitative estimate of drug-likeness (QED) is 0.798. The van der Waals surface area contributed by atoms with Crippen LogP contribution in [0.1, 0.15) is 46.5 Å². The monoisotopic (exact) mass is 270 g/mol. The fraction of sp³-hybridized carbons (Fsp3) is 0.929. The first-order valence-electron chi connectivity index (χ1n) is 7.25. The summed E-state index contributed by atoms with van der Waals surface area (Å²) in [6.45, 7) is 7.25. The van der Waals surface area contributed by atoms with Gasteiger partial charge in [0.05, 0.1) is 6.10 Å². The van der Waals surface area contributed by atoms with E-state index < -0.39 is 5.60 Å². The number of hydrogen-bond donors (Lipinski definition) is 2. The van der Waals surface area contributed by atoms with Gasteiger partial charge >= 0.3 is 6.09 Å². The van der Waals surface area contributed by atoms with Crippen LogP contribution in [-0.4, -0.2) is 53.0 Å². The minimum atomic E-state index is -0.435. The molecule has 0 unspecified atom stereocenters. The van der Waals surface area contributed by atoms with Crippen molar-refractivity contribution in [3.8, 4) is 0 Å². The molecule has 0 spiro atoms. The molecule has 0 aromatic heterocycles. The minimum Gasteiger partial charge on any atom is -0.444 e. The van der Waals surface area contributed by atoms with Crippen LogP contribution in [0.2, 0.25) is 0 Å². The van der Waals surface area contributed by atoms with Gasteiger partial charge in [0.25, 0.3) is 0 Å². The van der Waals surface area contributed by atoms with Gasteiger partial charge in [0, 0.05) is 25.2 Å². The first-order chi connectivity index (χ1) is 8.83. The number of nitrogens with one attached hydrogen (secondary N) is 1. The van der Waals surface area contributed by atoms with Gasteiger partial charge in [-0.05, 0) is 46.5 Å². The molecule has 0 aromatic rings. The lowest BCUT2D eigenvalue weighted by Crippen LogP contribution is -2.56. The average Bonchev–Trinajstić information content (AvgIpc) is 2.23. The number of carbonyl (C=O) groups excluding carboxylic acids is 1. The maximum atomic E-state index is 11.7. The van der Waals surface area contributed by atoms with Crippen molar-refractivity contribution in [2.24, 2.45) is 0 Å². The van der Waals surface area contributed by atoms with Crippen molar-refractivity contribution in [3.05, 3.63) is 0 Å². The minimum absolute atomic E-state index is 0.127. The molecular formula is C14H26N2O3. The van der Waals surface area contributed by atoms with Gasteiger partial charge in [-0.1, -0.05) is 0 Å². The van der Waals surface area contributed by atoms with Gasteiger partial charge in [-0.3, -0.25) is 4.90 Å². The molecule has 0 bridgehead atoms. The molecule has 2 rings (SSSR count). The molecule has 0 atom stereocenters. The van der Waals surface area contributed by atoms with E-state index in [1.807, 2.05) is 20.8 Å². The van der Waals surface area contributed by atoms with Crippen molar-refractivity contribution in [3.63, 3.8) is 0 Å². The summed E-state index contributed by atoms with van der Waals surface area (Å²) in [6, 6.07) is 0.817. The Labute approximate surface area is 115 Å². The summed E-state index contributed by atoms with van der Waals surface area (Å²) in [5.41, 5.74) is -0.435. The Kier molecular flexibility index (Phi) is 4.36. The van der Waals surface area contributed by atoms with Crippen LogP contribution in [0.5, 0.6) is 0 Å². The van der Waals surface area contributed by atoms with Crippen molar-refractivity contribution in [2.75, 3.05) is 13.1 Å². The molecule has 110 valence electrons. The molecule has 2 fully saturated rings. The summed E-state index contributed by atoms with van der Waals surface area (Å²) >= 11 is 0. The standard InChI is InChI=1S/C14H26N2O3/c1-14(2,3)19-13(18)15-10-4-6-11(7-5-10)16-8-12(17)9-16/h10-12,17H,4-9H2,1-3H3,(H,15,18). The highest BCUT2D eigenvalue weighted by atomic mass is 16.6. The normalized spacial score (nSPS) is 29.7. The Balaban J connectivity index is 1.67. The third-order valence-corrected chi connectivity index (χ3v) is 3.82. The molecule has 0 aromatic carbocycles. The molecule has 1 aliphatic carbocycles. The Morgan fingerprint density at radius 2 is 1.79 bits per heavy atom. The summed E-state index contributed by atoms with van der Waals surface area (Å²) in [5, 5.41) is 12.3. The number of nitrogens with zero attached hydrogens (tertiary/aromatic N) is 1. The summed E-state index contributed by atoms with van der Waals surface area (Å²) in [6.07, 6.45) is 3.74. The summed E-state index contributed by atoms with van der Waals surface area (Å²) in [4.78, 5) is 14.0. The lowest BCUT2D eigenvalue weighted by Gasteiger charge is -2.44. The Bertz CT molecular complexity index is 313. The molecule has 2 aliphatic rings. The van der Waals surface area contributed by atoms with Crippen LogP contribution in [0, 0.1) is 0 Å². The van der Waals surface area contributed by atoms with E-state index in [2.05, 4.69) is 10.2 Å². The van der Waals surface area contributed by atoms with Gasteiger partial charge in [0.1, 0.15) is 5.60 Å². The van der Waals surface area contributed by atoms with E-state index >= 15 is 0 Å². The van der Waals surface area contributed by atoms with E-state index in [0.717, 1.165) is 38.8 Å². The van der Waals surface area contributed by atoms with E-state index in [4.69, 9.17) is 4.74 Å². The first-order valence-corrected chi connectivity index (χ1v) is 7.25. The highest BCUT2D eigenvalue weighted by Crippen LogP contribution is 2.26. The predicted octanol–water partition coefficient (Wildman–Crippen LogP) is 1.50. The number of alkyl carbamates (subject to hydrolysis) is 1. The molecule has 0 radical (unpaired) electrons. The smallest absolute Gasteiger partial charge is 0.407 e. The molecule has 5 nitrogen and oxygen atoms in total. The Morgan fingerprint density at radius 1 is 1.21 bits per heavy atom. The topological polar surface area (TPSA) is 61.8 Å². The van der Waals surface area contributed by atoms with Gasteiger partial charge in [-0.15, -0.1) is 0 Å². The third kappa shape index (κ3) is 4.35. The highest BCUT2D eigenvalue weighted by Gasteiger charge is 2.33. The fourth-order valence-corrected chi connectivity index (χ4v) is 2.85. The molecule has 1 saturated carbocycles. The molecule has 19 heavy (non-hydrogen) atoms. The number of hydrogen-bond acceptors (Lipinski definition) is 4. The zero-order chi connectivity index (χ0) is 14.0. The van der Waals surface area contributed by atoms with E-state index in [9.17, 15) is 9.90 Å². The van der Waals surface area contributed by atoms with Gasteiger partial charge in [-0.25, -0.2) is 4.79 Å². The van der Waals surface area contributed by atoms with Crippen molar-refractivity contribution in [2.45, 2.75) is 70.2 Å². The van der Waals surface area contributed by atoms with Crippen molar-refractivity contribution < 1.29 is 14.6 Å². The van der Waals surface area contributed by atoms with E-state index in [-0.39, 0.29) is 18.2 Å². The second-order valence-electron chi connectivity index (χ2n) is 6.76. The van der Waals surface area contributed by atoms with Gasteiger partial charge in [-0.2, -0.15) is 0 Å². The number of likely N-dealkylation sites (tertiary alicyclic amines) is 1. The van der Waals surface area contributed by atoms with Crippen LogP contribution >= 0.6 is 0 Å². The number of ether oxygens (including phenoxy) is 1. The molecule has 2 N–H and O–H groups in total. The molecule has 1 aliphatic heterocycles. The van der Waals surface area contributed by atoms with Crippen molar-refractivity contribution in [1.82, 2.24) is 10.2 Å². The van der Waals surface area contributed by atoms with Crippen LogP contribution in [-0.2, 0) is 4.74 Å². The molecule has 1 heterocycles.